The summed E-state index contributed by atoms with van der Waals surface area (Å²) in [6, 6.07) is 5.24. The average molecular weight is 276 g/mol. The van der Waals surface area contributed by atoms with E-state index in [1.807, 2.05) is 0 Å². The Bertz CT molecular complexity index is 412. The summed E-state index contributed by atoms with van der Waals surface area (Å²) in [6.07, 6.45) is -4.68. The van der Waals surface area contributed by atoms with Gasteiger partial charge in [-0.1, -0.05) is 12.1 Å². The van der Waals surface area contributed by atoms with Crippen molar-refractivity contribution in [1.82, 2.24) is 0 Å². The molecule has 19 heavy (non-hydrogen) atoms. The van der Waals surface area contributed by atoms with E-state index in [0.717, 1.165) is 0 Å². The third-order valence-electron chi connectivity index (χ3n) is 2.37. The molecule has 0 aliphatic rings. The molecule has 0 aliphatic carbocycles. The number of halogens is 3. The minimum atomic E-state index is -4.68. The predicted octanol–water partition coefficient (Wildman–Crippen LogP) is 3.29. The summed E-state index contributed by atoms with van der Waals surface area (Å²) in [6.45, 7) is 3.55. The quantitative estimate of drug-likeness (QED) is 0.774. The fourth-order valence-corrected chi connectivity index (χ4v) is 1.61. The molecule has 0 amide bonds. The minimum Gasteiger partial charge on any atom is -0.494 e. The van der Waals surface area contributed by atoms with Crippen molar-refractivity contribution in [3.63, 3.8) is 0 Å². The molecule has 1 atom stereocenters. The summed E-state index contributed by atoms with van der Waals surface area (Å²) >= 11 is 0. The van der Waals surface area contributed by atoms with Gasteiger partial charge in [0.25, 0.3) is 0 Å². The summed E-state index contributed by atoms with van der Waals surface area (Å²) in [7, 11) is 0. The van der Waals surface area contributed by atoms with Crippen LogP contribution in [0.5, 0.6) is 5.75 Å². The van der Waals surface area contributed by atoms with Gasteiger partial charge >= 0.3 is 12.1 Å². The lowest BCUT2D eigenvalue weighted by Crippen LogP contribution is -2.30. The van der Waals surface area contributed by atoms with Gasteiger partial charge in [0.05, 0.1) is 13.2 Å². The highest BCUT2D eigenvalue weighted by Gasteiger charge is 2.47. The second-order valence-corrected chi connectivity index (χ2v) is 3.73. The van der Waals surface area contributed by atoms with E-state index < -0.39 is 18.1 Å². The third kappa shape index (κ3) is 4.15. The zero-order valence-corrected chi connectivity index (χ0v) is 10.7. The van der Waals surface area contributed by atoms with E-state index in [1.165, 1.54) is 31.2 Å². The van der Waals surface area contributed by atoms with Gasteiger partial charge in [0.15, 0.2) is 5.92 Å². The number of hydrogen-bond donors (Lipinski definition) is 0. The van der Waals surface area contributed by atoms with Gasteiger partial charge < -0.3 is 9.47 Å². The molecule has 0 aliphatic heterocycles. The van der Waals surface area contributed by atoms with Crippen LogP contribution in [0.3, 0.4) is 0 Å². The van der Waals surface area contributed by atoms with Crippen LogP contribution in [0.2, 0.25) is 0 Å². The van der Waals surface area contributed by atoms with Crippen molar-refractivity contribution >= 4 is 5.97 Å². The number of rotatable bonds is 5. The van der Waals surface area contributed by atoms with Crippen LogP contribution in [0, 0.1) is 0 Å². The largest absolute Gasteiger partial charge is 0.494 e. The lowest BCUT2D eigenvalue weighted by Gasteiger charge is -2.19. The van der Waals surface area contributed by atoms with Crippen molar-refractivity contribution in [3.05, 3.63) is 29.8 Å². The fourth-order valence-electron chi connectivity index (χ4n) is 1.61. The number of alkyl halides is 3. The van der Waals surface area contributed by atoms with E-state index >= 15 is 0 Å². The topological polar surface area (TPSA) is 35.5 Å². The average Bonchev–Trinajstić information content (AvgIpc) is 2.30. The molecule has 0 saturated carbocycles. The van der Waals surface area contributed by atoms with Gasteiger partial charge in [0.1, 0.15) is 5.75 Å². The van der Waals surface area contributed by atoms with Gasteiger partial charge in [-0.05, 0) is 31.5 Å². The highest BCUT2D eigenvalue weighted by atomic mass is 19.4. The maximum absolute atomic E-state index is 12.9. The Morgan fingerprint density at radius 3 is 2.16 bits per heavy atom. The standard InChI is InChI=1S/C13H15F3O3/c1-3-18-10-7-5-9(6-8-10)11(13(14,15)16)12(17)19-4-2/h5-8,11H,3-4H2,1-2H3. The normalized spacial score (nSPS) is 12.9. The van der Waals surface area contributed by atoms with Crippen LogP contribution in [-0.4, -0.2) is 25.4 Å². The Morgan fingerprint density at radius 2 is 1.74 bits per heavy atom. The monoisotopic (exact) mass is 276 g/mol. The van der Waals surface area contributed by atoms with Gasteiger partial charge in [-0.2, -0.15) is 13.2 Å². The van der Waals surface area contributed by atoms with E-state index in [9.17, 15) is 18.0 Å². The molecular formula is C13H15F3O3. The molecule has 3 nitrogen and oxygen atoms in total. The maximum Gasteiger partial charge on any atom is 0.406 e. The molecule has 1 aromatic rings. The predicted molar refractivity (Wildman–Crippen MR) is 63.0 cm³/mol. The molecule has 0 saturated heterocycles. The van der Waals surface area contributed by atoms with Gasteiger partial charge in [-0.25, -0.2) is 0 Å². The molecule has 1 unspecified atom stereocenters. The smallest absolute Gasteiger partial charge is 0.406 e. The van der Waals surface area contributed by atoms with Crippen LogP contribution in [0.15, 0.2) is 24.3 Å². The van der Waals surface area contributed by atoms with Crippen molar-refractivity contribution in [2.75, 3.05) is 13.2 Å². The van der Waals surface area contributed by atoms with E-state index in [4.69, 9.17) is 4.74 Å². The summed E-state index contributed by atoms with van der Waals surface area (Å²) in [4.78, 5) is 11.4. The summed E-state index contributed by atoms with van der Waals surface area (Å²) in [5.74, 6) is -3.10. The Morgan fingerprint density at radius 1 is 1.16 bits per heavy atom. The molecule has 0 heterocycles. The van der Waals surface area contributed by atoms with E-state index in [0.29, 0.717) is 12.4 Å². The summed E-state index contributed by atoms with van der Waals surface area (Å²) < 4.78 is 48.3. The van der Waals surface area contributed by atoms with Gasteiger partial charge in [-0.15, -0.1) is 0 Å². The van der Waals surface area contributed by atoms with E-state index in [2.05, 4.69) is 4.74 Å². The maximum atomic E-state index is 12.9. The SMILES string of the molecule is CCOC(=O)C(c1ccc(OCC)cc1)C(F)(F)F. The first-order valence-electron chi connectivity index (χ1n) is 5.86. The molecule has 0 fully saturated rings. The molecular weight excluding hydrogens is 261 g/mol. The molecule has 106 valence electrons. The van der Waals surface area contributed by atoms with Crippen molar-refractivity contribution < 1.29 is 27.4 Å². The number of benzene rings is 1. The Kier molecular flexibility index (Phi) is 5.20. The van der Waals surface area contributed by atoms with Crippen molar-refractivity contribution in [3.8, 4) is 5.75 Å². The van der Waals surface area contributed by atoms with Crippen LogP contribution in [-0.2, 0) is 9.53 Å². The highest BCUT2D eigenvalue weighted by molar-refractivity contribution is 5.79. The first kappa shape index (κ1) is 15.3. The van der Waals surface area contributed by atoms with Gasteiger partial charge in [0.2, 0.25) is 0 Å². The second-order valence-electron chi connectivity index (χ2n) is 3.73. The van der Waals surface area contributed by atoms with Crippen molar-refractivity contribution in [2.24, 2.45) is 0 Å². The highest BCUT2D eigenvalue weighted by Crippen LogP contribution is 2.36. The van der Waals surface area contributed by atoms with Crippen LogP contribution in [0.25, 0.3) is 0 Å². The Labute approximate surface area is 109 Å². The second kappa shape index (κ2) is 6.45. The third-order valence-corrected chi connectivity index (χ3v) is 2.37. The van der Waals surface area contributed by atoms with Crippen LogP contribution >= 0.6 is 0 Å². The fraction of sp³-hybridized carbons (Fsp3) is 0.462. The molecule has 0 N–H and O–H groups in total. The van der Waals surface area contributed by atoms with Crippen molar-refractivity contribution in [2.45, 2.75) is 25.9 Å². The number of carbonyl (C=O) groups is 1. The van der Waals surface area contributed by atoms with Crippen molar-refractivity contribution in [1.29, 1.82) is 0 Å². The summed E-state index contributed by atoms with van der Waals surface area (Å²) in [5, 5.41) is 0. The number of ether oxygens (including phenoxy) is 2. The number of hydrogen-bond acceptors (Lipinski definition) is 3. The van der Waals surface area contributed by atoms with Gasteiger partial charge in [0, 0.05) is 0 Å². The lowest BCUT2D eigenvalue weighted by molar-refractivity contribution is -0.180. The molecule has 0 bridgehead atoms. The summed E-state index contributed by atoms with van der Waals surface area (Å²) in [5.41, 5.74) is -0.158. The molecule has 0 aromatic heterocycles. The minimum absolute atomic E-state index is 0.0948. The van der Waals surface area contributed by atoms with Crippen LogP contribution in [0.1, 0.15) is 25.3 Å². The lowest BCUT2D eigenvalue weighted by atomic mass is 9.98. The molecule has 0 spiro atoms. The molecule has 0 radical (unpaired) electrons. The van der Waals surface area contributed by atoms with E-state index in [-0.39, 0.29) is 12.2 Å². The Hall–Kier alpha value is -1.72. The molecule has 6 heteroatoms. The zero-order chi connectivity index (χ0) is 14.5. The molecule has 1 aromatic carbocycles. The Balaban J connectivity index is 3.01. The first-order chi connectivity index (χ1) is 8.90. The van der Waals surface area contributed by atoms with Crippen LogP contribution < -0.4 is 4.74 Å². The van der Waals surface area contributed by atoms with Crippen LogP contribution in [0.4, 0.5) is 13.2 Å². The molecule has 1 rings (SSSR count). The van der Waals surface area contributed by atoms with E-state index in [1.54, 1.807) is 6.92 Å². The number of carbonyl (C=O) groups excluding carboxylic acids is 1. The van der Waals surface area contributed by atoms with Gasteiger partial charge in [-0.3, -0.25) is 4.79 Å². The number of esters is 1. The first-order valence-corrected chi connectivity index (χ1v) is 5.86. The zero-order valence-electron chi connectivity index (χ0n) is 10.7.